The molecule has 0 spiro atoms. The summed E-state index contributed by atoms with van der Waals surface area (Å²) in [5.41, 5.74) is 6.87. The van der Waals surface area contributed by atoms with Gasteiger partial charge in [-0.05, 0) is 24.8 Å². The lowest BCUT2D eigenvalue weighted by atomic mass is 9.92. The fourth-order valence-electron chi connectivity index (χ4n) is 2.60. The van der Waals surface area contributed by atoms with Gasteiger partial charge in [0.15, 0.2) is 0 Å². The molecule has 1 saturated heterocycles. The maximum Gasteiger partial charge on any atom is 0.271 e. The molecule has 1 aliphatic rings. The Morgan fingerprint density at radius 3 is 3.00 bits per heavy atom. The SMILES string of the molecule is CC1CCN(c2cccc([N+](=O)[O-])c2)C(CN)C1. The van der Waals surface area contributed by atoms with E-state index in [4.69, 9.17) is 5.73 Å². The zero-order valence-electron chi connectivity index (χ0n) is 10.6. The van der Waals surface area contributed by atoms with E-state index >= 15 is 0 Å². The second kappa shape index (κ2) is 5.35. The van der Waals surface area contributed by atoms with E-state index in [0.717, 1.165) is 25.1 Å². The number of nitrogens with two attached hydrogens (primary N) is 1. The molecule has 2 rings (SSSR count). The van der Waals surface area contributed by atoms with Gasteiger partial charge in [0, 0.05) is 37.0 Å². The van der Waals surface area contributed by atoms with Crippen LogP contribution in [0, 0.1) is 16.0 Å². The van der Waals surface area contributed by atoms with Crippen LogP contribution in [0.5, 0.6) is 0 Å². The minimum absolute atomic E-state index is 0.141. The second-order valence-corrected chi connectivity index (χ2v) is 4.99. The lowest BCUT2D eigenvalue weighted by Crippen LogP contribution is -2.46. The topological polar surface area (TPSA) is 72.4 Å². The molecule has 0 amide bonds. The van der Waals surface area contributed by atoms with E-state index in [-0.39, 0.29) is 16.7 Å². The Balaban J connectivity index is 2.24. The Morgan fingerprint density at radius 1 is 1.56 bits per heavy atom. The summed E-state index contributed by atoms with van der Waals surface area (Å²) in [4.78, 5) is 12.6. The summed E-state index contributed by atoms with van der Waals surface area (Å²) >= 11 is 0. The number of nitro benzene ring substituents is 1. The molecule has 1 aromatic carbocycles. The summed E-state index contributed by atoms with van der Waals surface area (Å²) in [6.45, 7) is 3.74. The van der Waals surface area contributed by atoms with E-state index in [0.29, 0.717) is 12.5 Å². The van der Waals surface area contributed by atoms with Crippen LogP contribution in [0.2, 0.25) is 0 Å². The van der Waals surface area contributed by atoms with Gasteiger partial charge in [-0.15, -0.1) is 0 Å². The van der Waals surface area contributed by atoms with Crippen LogP contribution in [0.3, 0.4) is 0 Å². The average molecular weight is 249 g/mol. The molecule has 98 valence electrons. The largest absolute Gasteiger partial charge is 0.367 e. The first-order valence-electron chi connectivity index (χ1n) is 6.33. The molecule has 0 aromatic heterocycles. The zero-order chi connectivity index (χ0) is 13.1. The van der Waals surface area contributed by atoms with Crippen molar-refractivity contribution in [1.82, 2.24) is 0 Å². The van der Waals surface area contributed by atoms with Crippen LogP contribution >= 0.6 is 0 Å². The molecule has 1 heterocycles. The van der Waals surface area contributed by atoms with Gasteiger partial charge in [0.1, 0.15) is 0 Å². The summed E-state index contributed by atoms with van der Waals surface area (Å²) < 4.78 is 0. The summed E-state index contributed by atoms with van der Waals surface area (Å²) in [6.07, 6.45) is 2.17. The van der Waals surface area contributed by atoms with Crippen molar-refractivity contribution in [2.24, 2.45) is 11.7 Å². The second-order valence-electron chi connectivity index (χ2n) is 4.99. The van der Waals surface area contributed by atoms with Crippen LogP contribution in [0.15, 0.2) is 24.3 Å². The molecular formula is C13H19N3O2. The van der Waals surface area contributed by atoms with Crippen LogP contribution in [0.1, 0.15) is 19.8 Å². The number of benzene rings is 1. The molecule has 2 atom stereocenters. The molecule has 1 fully saturated rings. The third-order valence-electron chi connectivity index (χ3n) is 3.62. The zero-order valence-corrected chi connectivity index (χ0v) is 10.6. The summed E-state index contributed by atoms with van der Waals surface area (Å²) in [5, 5.41) is 10.8. The highest BCUT2D eigenvalue weighted by molar-refractivity contribution is 5.54. The molecule has 18 heavy (non-hydrogen) atoms. The molecule has 0 radical (unpaired) electrons. The highest BCUT2D eigenvalue weighted by atomic mass is 16.6. The van der Waals surface area contributed by atoms with E-state index in [2.05, 4.69) is 11.8 Å². The predicted molar refractivity (Wildman–Crippen MR) is 71.7 cm³/mol. The summed E-state index contributed by atoms with van der Waals surface area (Å²) in [7, 11) is 0. The van der Waals surface area contributed by atoms with Gasteiger partial charge < -0.3 is 10.6 Å². The molecule has 2 unspecified atom stereocenters. The van der Waals surface area contributed by atoms with E-state index in [1.807, 2.05) is 6.07 Å². The Morgan fingerprint density at radius 2 is 2.33 bits per heavy atom. The Labute approximate surface area is 107 Å². The molecule has 0 bridgehead atoms. The Bertz CT molecular complexity index is 436. The highest BCUT2D eigenvalue weighted by Gasteiger charge is 2.26. The third kappa shape index (κ3) is 2.61. The van der Waals surface area contributed by atoms with E-state index in [1.54, 1.807) is 12.1 Å². The molecular weight excluding hydrogens is 230 g/mol. The van der Waals surface area contributed by atoms with Crippen molar-refractivity contribution >= 4 is 11.4 Å². The quantitative estimate of drug-likeness (QED) is 0.658. The Hall–Kier alpha value is -1.62. The third-order valence-corrected chi connectivity index (χ3v) is 3.62. The van der Waals surface area contributed by atoms with Gasteiger partial charge in [0.2, 0.25) is 0 Å². The number of rotatable bonds is 3. The number of anilines is 1. The van der Waals surface area contributed by atoms with Gasteiger partial charge in [-0.25, -0.2) is 0 Å². The molecule has 5 heteroatoms. The lowest BCUT2D eigenvalue weighted by Gasteiger charge is -2.39. The first-order chi connectivity index (χ1) is 8.61. The fourth-order valence-corrected chi connectivity index (χ4v) is 2.60. The van der Waals surface area contributed by atoms with E-state index in [9.17, 15) is 10.1 Å². The minimum atomic E-state index is -0.354. The van der Waals surface area contributed by atoms with Crippen molar-refractivity contribution in [3.63, 3.8) is 0 Å². The van der Waals surface area contributed by atoms with Crippen molar-refractivity contribution in [1.29, 1.82) is 0 Å². The van der Waals surface area contributed by atoms with Crippen molar-refractivity contribution < 1.29 is 4.92 Å². The van der Waals surface area contributed by atoms with Gasteiger partial charge in [-0.2, -0.15) is 0 Å². The fraction of sp³-hybridized carbons (Fsp3) is 0.538. The van der Waals surface area contributed by atoms with Crippen LogP contribution in [0.4, 0.5) is 11.4 Å². The monoisotopic (exact) mass is 249 g/mol. The van der Waals surface area contributed by atoms with Crippen LogP contribution in [-0.4, -0.2) is 24.1 Å². The van der Waals surface area contributed by atoms with Crippen molar-refractivity contribution in [2.45, 2.75) is 25.8 Å². The maximum atomic E-state index is 10.8. The maximum absolute atomic E-state index is 10.8. The molecule has 1 aliphatic heterocycles. The lowest BCUT2D eigenvalue weighted by molar-refractivity contribution is -0.384. The molecule has 2 N–H and O–H groups in total. The van der Waals surface area contributed by atoms with Gasteiger partial charge in [-0.1, -0.05) is 13.0 Å². The smallest absolute Gasteiger partial charge is 0.271 e. The van der Waals surface area contributed by atoms with Crippen molar-refractivity contribution in [3.05, 3.63) is 34.4 Å². The summed E-state index contributed by atoms with van der Waals surface area (Å²) in [6, 6.07) is 7.10. The highest BCUT2D eigenvalue weighted by Crippen LogP contribution is 2.29. The number of hydrogen-bond acceptors (Lipinski definition) is 4. The van der Waals surface area contributed by atoms with E-state index in [1.165, 1.54) is 6.07 Å². The molecule has 0 saturated carbocycles. The molecule has 1 aromatic rings. The van der Waals surface area contributed by atoms with Gasteiger partial charge in [0.25, 0.3) is 5.69 Å². The van der Waals surface area contributed by atoms with Crippen molar-refractivity contribution in [2.75, 3.05) is 18.0 Å². The van der Waals surface area contributed by atoms with Gasteiger partial charge in [-0.3, -0.25) is 10.1 Å². The van der Waals surface area contributed by atoms with Crippen LogP contribution < -0.4 is 10.6 Å². The normalized spacial score (nSPS) is 24.0. The van der Waals surface area contributed by atoms with Crippen LogP contribution in [0.25, 0.3) is 0 Å². The number of piperidine rings is 1. The average Bonchev–Trinajstić information content (AvgIpc) is 2.38. The van der Waals surface area contributed by atoms with Gasteiger partial charge >= 0.3 is 0 Å². The van der Waals surface area contributed by atoms with Crippen LogP contribution in [-0.2, 0) is 0 Å². The first kappa shape index (κ1) is 12.8. The number of non-ortho nitro benzene ring substituents is 1. The Kier molecular flexibility index (Phi) is 3.81. The summed E-state index contributed by atoms with van der Waals surface area (Å²) in [5.74, 6) is 0.675. The van der Waals surface area contributed by atoms with E-state index < -0.39 is 0 Å². The predicted octanol–water partition coefficient (Wildman–Crippen LogP) is 2.16. The number of nitrogens with zero attached hydrogens (tertiary/aromatic N) is 2. The minimum Gasteiger partial charge on any atom is -0.367 e. The number of hydrogen-bond donors (Lipinski definition) is 1. The molecule has 5 nitrogen and oxygen atoms in total. The number of nitro groups is 1. The molecule has 0 aliphatic carbocycles. The standard InChI is InChI=1S/C13H19N3O2/c1-10-5-6-15(13(7-10)9-14)11-3-2-4-12(8-11)16(17)18/h2-4,8,10,13H,5-7,9,14H2,1H3. The first-order valence-corrected chi connectivity index (χ1v) is 6.33. The van der Waals surface area contributed by atoms with Crippen molar-refractivity contribution in [3.8, 4) is 0 Å². The van der Waals surface area contributed by atoms with Gasteiger partial charge in [0.05, 0.1) is 4.92 Å².